The fourth-order valence-corrected chi connectivity index (χ4v) is 5.37. The van der Waals surface area contributed by atoms with Crippen LogP contribution in [0.3, 0.4) is 0 Å². The van der Waals surface area contributed by atoms with Gasteiger partial charge in [-0.25, -0.2) is 4.57 Å². The van der Waals surface area contributed by atoms with Crippen molar-refractivity contribution in [3.05, 3.63) is 63.9 Å². The van der Waals surface area contributed by atoms with Crippen molar-refractivity contribution in [3.8, 4) is 5.69 Å². The molecule has 4 rings (SSSR count). The highest BCUT2D eigenvalue weighted by atomic mass is 32.2. The molecule has 8 heteroatoms. The number of aryl methyl sites for hydroxylation is 2. The average Bonchev–Trinajstić information content (AvgIpc) is 3.19. The average molecular weight is 478 g/mol. The molecule has 1 atom stereocenters. The first-order chi connectivity index (χ1) is 16.1. The molecular formula is C26H31N5O2S. The number of rotatable bonds is 6. The minimum Gasteiger partial charge on any atom is -0.337 e. The van der Waals surface area contributed by atoms with E-state index in [1.165, 1.54) is 11.8 Å². The molecule has 0 aliphatic rings. The molecule has 2 aromatic carbocycles. The lowest BCUT2D eigenvalue weighted by Gasteiger charge is -2.32. The van der Waals surface area contributed by atoms with E-state index >= 15 is 0 Å². The van der Waals surface area contributed by atoms with E-state index in [0.717, 1.165) is 22.3 Å². The first-order valence-corrected chi connectivity index (χ1v) is 12.4. The van der Waals surface area contributed by atoms with Gasteiger partial charge < -0.3 is 4.90 Å². The van der Waals surface area contributed by atoms with E-state index in [0.29, 0.717) is 16.3 Å². The van der Waals surface area contributed by atoms with Gasteiger partial charge in [0.2, 0.25) is 11.7 Å². The number of fused-ring (bicyclic) bond motifs is 3. The van der Waals surface area contributed by atoms with Crippen LogP contribution in [0.25, 0.3) is 22.4 Å². The summed E-state index contributed by atoms with van der Waals surface area (Å²) in [4.78, 5) is 28.8. The molecule has 178 valence electrons. The van der Waals surface area contributed by atoms with Crippen LogP contribution in [0.5, 0.6) is 0 Å². The molecule has 4 aromatic rings. The number of benzene rings is 2. The van der Waals surface area contributed by atoms with Crippen LogP contribution in [-0.2, 0) is 4.79 Å². The quantitative estimate of drug-likeness (QED) is 0.374. The van der Waals surface area contributed by atoms with Gasteiger partial charge >= 0.3 is 0 Å². The Morgan fingerprint density at radius 1 is 0.971 bits per heavy atom. The van der Waals surface area contributed by atoms with Gasteiger partial charge in [-0.3, -0.25) is 14.0 Å². The Morgan fingerprint density at radius 2 is 1.65 bits per heavy atom. The van der Waals surface area contributed by atoms with Crippen LogP contribution in [0, 0.1) is 13.8 Å². The normalized spacial score (nSPS) is 12.7. The molecule has 0 saturated heterocycles. The number of carbonyl (C=O) groups is 1. The second-order valence-electron chi connectivity index (χ2n) is 9.26. The first kappa shape index (κ1) is 24.0. The summed E-state index contributed by atoms with van der Waals surface area (Å²) < 4.78 is 3.52. The zero-order valence-corrected chi connectivity index (χ0v) is 21.6. The number of para-hydroxylation sites is 1. The van der Waals surface area contributed by atoms with E-state index in [2.05, 4.69) is 10.2 Å². The van der Waals surface area contributed by atoms with Crippen molar-refractivity contribution in [2.24, 2.45) is 0 Å². The van der Waals surface area contributed by atoms with Crippen LogP contribution in [0.15, 0.2) is 52.4 Å². The molecule has 1 unspecified atom stereocenters. The molecule has 0 radical (unpaired) electrons. The Bertz CT molecular complexity index is 1430. The third kappa shape index (κ3) is 4.11. The lowest BCUT2D eigenvalue weighted by Crippen LogP contribution is -2.45. The number of thioether (sulfide) groups is 1. The highest BCUT2D eigenvalue weighted by Crippen LogP contribution is 2.28. The Hall–Kier alpha value is -3.13. The van der Waals surface area contributed by atoms with E-state index in [4.69, 9.17) is 0 Å². The molecule has 0 N–H and O–H groups in total. The third-order valence-electron chi connectivity index (χ3n) is 6.00. The van der Waals surface area contributed by atoms with Crippen molar-refractivity contribution in [2.45, 2.75) is 71.0 Å². The monoisotopic (exact) mass is 477 g/mol. The fourth-order valence-electron chi connectivity index (χ4n) is 4.46. The zero-order valence-electron chi connectivity index (χ0n) is 20.7. The van der Waals surface area contributed by atoms with Crippen LogP contribution in [0.2, 0.25) is 0 Å². The molecule has 2 heterocycles. The van der Waals surface area contributed by atoms with Gasteiger partial charge in [0.25, 0.3) is 5.56 Å². The largest absolute Gasteiger partial charge is 0.337 e. The summed E-state index contributed by atoms with van der Waals surface area (Å²) in [5, 5.41) is 9.67. The molecule has 0 aliphatic heterocycles. The summed E-state index contributed by atoms with van der Waals surface area (Å²) in [5.41, 5.74) is 3.38. The Kier molecular flexibility index (Phi) is 6.53. The van der Waals surface area contributed by atoms with Crippen molar-refractivity contribution in [3.63, 3.8) is 0 Å². The van der Waals surface area contributed by atoms with Crippen LogP contribution in [0.1, 0.15) is 45.7 Å². The van der Waals surface area contributed by atoms with Gasteiger partial charge in [0.05, 0.1) is 21.8 Å². The molecule has 0 spiro atoms. The van der Waals surface area contributed by atoms with Crippen LogP contribution < -0.4 is 5.56 Å². The maximum Gasteiger partial charge on any atom is 0.267 e. The minimum atomic E-state index is -0.364. The Balaban J connectivity index is 1.92. The highest BCUT2D eigenvalue weighted by Gasteiger charge is 2.28. The highest BCUT2D eigenvalue weighted by molar-refractivity contribution is 8.00. The van der Waals surface area contributed by atoms with Crippen LogP contribution in [0.4, 0.5) is 0 Å². The molecule has 2 aromatic heterocycles. The number of hydrogen-bond donors (Lipinski definition) is 0. The topological polar surface area (TPSA) is 72.5 Å². The lowest BCUT2D eigenvalue weighted by atomic mass is 10.1. The number of hydrogen-bond acceptors (Lipinski definition) is 5. The second kappa shape index (κ2) is 9.25. The molecule has 1 amide bonds. The van der Waals surface area contributed by atoms with E-state index in [-0.39, 0.29) is 28.8 Å². The maximum absolute atomic E-state index is 13.6. The number of carbonyl (C=O) groups excluding carboxylic acids is 1. The van der Waals surface area contributed by atoms with Crippen LogP contribution >= 0.6 is 11.8 Å². The Labute approximate surface area is 203 Å². The smallest absolute Gasteiger partial charge is 0.267 e. The van der Waals surface area contributed by atoms with E-state index < -0.39 is 0 Å². The van der Waals surface area contributed by atoms with Gasteiger partial charge in [-0.1, -0.05) is 36.0 Å². The third-order valence-corrected chi connectivity index (χ3v) is 7.03. The van der Waals surface area contributed by atoms with Crippen molar-refractivity contribution in [2.75, 3.05) is 0 Å². The summed E-state index contributed by atoms with van der Waals surface area (Å²) >= 11 is 1.37. The molecule has 0 aliphatic carbocycles. The zero-order chi connectivity index (χ0) is 24.7. The molecule has 0 fully saturated rings. The standard InChI is InChI=1S/C26H31N5O2S/c1-15(2)29(16(3)4)23(32)19(7)34-26-28-27-25-30(22-14-17(5)12-13-18(22)6)24(33)20-10-8-9-11-21(20)31(25)26/h8-16,19H,1-7H3. The van der Waals surface area contributed by atoms with E-state index in [1.54, 1.807) is 4.57 Å². The molecule has 7 nitrogen and oxygen atoms in total. The van der Waals surface area contributed by atoms with Crippen molar-refractivity contribution < 1.29 is 4.79 Å². The molecule has 0 bridgehead atoms. The lowest BCUT2D eigenvalue weighted by molar-refractivity contribution is -0.133. The minimum absolute atomic E-state index is 0.0545. The first-order valence-electron chi connectivity index (χ1n) is 11.6. The molecular weight excluding hydrogens is 446 g/mol. The van der Waals surface area contributed by atoms with Crippen molar-refractivity contribution in [1.82, 2.24) is 24.1 Å². The molecule has 34 heavy (non-hydrogen) atoms. The number of nitrogens with zero attached hydrogens (tertiary/aromatic N) is 5. The van der Waals surface area contributed by atoms with E-state index in [9.17, 15) is 9.59 Å². The second-order valence-corrected chi connectivity index (χ2v) is 10.6. The predicted octanol–water partition coefficient (Wildman–Crippen LogP) is 4.78. The summed E-state index contributed by atoms with van der Waals surface area (Å²) in [6.45, 7) is 14.0. The van der Waals surface area contributed by atoms with Gasteiger partial charge in [-0.05, 0) is 77.8 Å². The Morgan fingerprint density at radius 3 is 2.32 bits per heavy atom. The van der Waals surface area contributed by atoms with Crippen molar-refractivity contribution in [1.29, 1.82) is 0 Å². The van der Waals surface area contributed by atoms with Gasteiger partial charge in [0, 0.05) is 12.1 Å². The summed E-state index contributed by atoms with van der Waals surface area (Å²) in [7, 11) is 0. The maximum atomic E-state index is 13.6. The van der Waals surface area contributed by atoms with Crippen molar-refractivity contribution >= 4 is 34.3 Å². The summed E-state index contributed by atoms with van der Waals surface area (Å²) in [6, 6.07) is 13.7. The summed E-state index contributed by atoms with van der Waals surface area (Å²) in [5.74, 6) is 0.489. The van der Waals surface area contributed by atoms with Gasteiger partial charge in [-0.2, -0.15) is 0 Å². The van der Waals surface area contributed by atoms with Crippen LogP contribution in [-0.4, -0.2) is 47.3 Å². The van der Waals surface area contributed by atoms with E-state index in [1.807, 2.05) is 100 Å². The number of amides is 1. The van der Waals surface area contributed by atoms with Gasteiger partial charge in [0.15, 0.2) is 5.16 Å². The SMILES string of the molecule is Cc1ccc(C)c(-n2c(=O)c3ccccc3n3c(SC(C)C(=O)N(C(C)C)C(C)C)nnc23)c1. The van der Waals surface area contributed by atoms with Gasteiger partial charge in [-0.15, -0.1) is 10.2 Å². The molecule has 0 saturated carbocycles. The van der Waals surface area contributed by atoms with Gasteiger partial charge in [0.1, 0.15) is 0 Å². The predicted molar refractivity (Wildman–Crippen MR) is 138 cm³/mol. The summed E-state index contributed by atoms with van der Waals surface area (Å²) in [6.07, 6.45) is 0. The number of aromatic nitrogens is 4. The fraction of sp³-hybridized carbons (Fsp3) is 0.385.